The van der Waals surface area contributed by atoms with E-state index in [4.69, 9.17) is 0 Å². The molecule has 1 aliphatic carbocycles. The van der Waals surface area contributed by atoms with E-state index in [2.05, 4.69) is 14.9 Å². The van der Waals surface area contributed by atoms with Gasteiger partial charge >= 0.3 is 0 Å². The molecule has 110 valence electrons. The molecular weight excluding hydrogens is 274 g/mol. The van der Waals surface area contributed by atoms with Crippen LogP contribution in [0.1, 0.15) is 39.7 Å². The average Bonchev–Trinajstić information content (AvgIpc) is 3.12. The minimum absolute atomic E-state index is 0.00201. The van der Waals surface area contributed by atoms with Crippen LogP contribution < -0.4 is 5.32 Å². The molecule has 0 bridgehead atoms. The van der Waals surface area contributed by atoms with Gasteiger partial charge in [-0.3, -0.25) is 9.59 Å². The molecular formula is C14H21N3O2S. The maximum atomic E-state index is 11.9. The Kier molecular flexibility index (Phi) is 4.86. The molecule has 1 N–H and O–H groups in total. The maximum Gasteiger partial charge on any atom is 0.231 e. The summed E-state index contributed by atoms with van der Waals surface area (Å²) in [5.41, 5.74) is 0. The fourth-order valence-electron chi connectivity index (χ4n) is 2.12. The van der Waals surface area contributed by atoms with Crippen molar-refractivity contribution in [3.8, 4) is 0 Å². The van der Waals surface area contributed by atoms with Gasteiger partial charge in [0.25, 0.3) is 0 Å². The molecule has 1 fully saturated rings. The van der Waals surface area contributed by atoms with Crippen LogP contribution in [-0.4, -0.2) is 33.0 Å². The summed E-state index contributed by atoms with van der Waals surface area (Å²) in [6.07, 6.45) is 6.11. The molecule has 1 atom stereocenters. The summed E-state index contributed by atoms with van der Waals surface area (Å²) in [5, 5.41) is 3.68. The molecule has 2 rings (SSSR count). The first-order chi connectivity index (χ1) is 9.49. The Labute approximate surface area is 123 Å². The van der Waals surface area contributed by atoms with Crippen LogP contribution in [0, 0.1) is 5.92 Å². The molecule has 1 heterocycles. The van der Waals surface area contributed by atoms with Crippen molar-refractivity contribution in [3.63, 3.8) is 0 Å². The van der Waals surface area contributed by atoms with Crippen molar-refractivity contribution in [1.29, 1.82) is 0 Å². The molecule has 0 radical (unpaired) electrons. The quantitative estimate of drug-likeness (QED) is 0.782. The van der Waals surface area contributed by atoms with Gasteiger partial charge in [-0.05, 0) is 25.7 Å². The monoisotopic (exact) mass is 295 g/mol. The first-order valence-electron chi connectivity index (χ1n) is 6.94. The SMILES string of the molecule is CC(=O)C(NC(=O)CSc1nccn1C1CC1)C(C)C. The molecule has 0 aromatic carbocycles. The number of ketones is 1. The summed E-state index contributed by atoms with van der Waals surface area (Å²) >= 11 is 1.42. The van der Waals surface area contributed by atoms with Crippen LogP contribution in [0.2, 0.25) is 0 Å². The van der Waals surface area contributed by atoms with E-state index in [1.54, 1.807) is 6.20 Å². The molecule has 1 aromatic heterocycles. The molecule has 5 nitrogen and oxygen atoms in total. The zero-order chi connectivity index (χ0) is 14.7. The summed E-state index contributed by atoms with van der Waals surface area (Å²) in [6.45, 7) is 5.37. The molecule has 1 saturated carbocycles. The van der Waals surface area contributed by atoms with Crippen molar-refractivity contribution < 1.29 is 9.59 Å². The number of thioether (sulfide) groups is 1. The lowest BCUT2D eigenvalue weighted by molar-refractivity contribution is -0.126. The summed E-state index contributed by atoms with van der Waals surface area (Å²) in [4.78, 5) is 27.7. The number of hydrogen-bond acceptors (Lipinski definition) is 4. The van der Waals surface area contributed by atoms with Gasteiger partial charge in [-0.2, -0.15) is 0 Å². The van der Waals surface area contributed by atoms with E-state index in [0.29, 0.717) is 11.8 Å². The highest BCUT2D eigenvalue weighted by molar-refractivity contribution is 7.99. The Bertz CT molecular complexity index is 494. The number of rotatable bonds is 7. The smallest absolute Gasteiger partial charge is 0.231 e. The summed E-state index contributed by atoms with van der Waals surface area (Å²) in [6, 6.07) is 0.162. The topological polar surface area (TPSA) is 64.0 Å². The molecule has 6 heteroatoms. The van der Waals surface area contributed by atoms with Crippen LogP contribution in [0.3, 0.4) is 0 Å². The number of carbonyl (C=O) groups is 2. The van der Waals surface area contributed by atoms with Gasteiger partial charge in [0.15, 0.2) is 10.9 Å². The Morgan fingerprint density at radius 3 is 2.75 bits per heavy atom. The van der Waals surface area contributed by atoms with Crippen LogP contribution in [-0.2, 0) is 9.59 Å². The van der Waals surface area contributed by atoms with Gasteiger partial charge in [-0.1, -0.05) is 25.6 Å². The predicted molar refractivity (Wildman–Crippen MR) is 78.7 cm³/mol. The van der Waals surface area contributed by atoms with Gasteiger partial charge in [-0.25, -0.2) is 4.98 Å². The number of nitrogens with zero attached hydrogens (tertiary/aromatic N) is 2. The molecule has 1 unspecified atom stereocenters. The predicted octanol–water partition coefficient (Wildman–Crippen LogP) is 2.04. The van der Waals surface area contributed by atoms with E-state index in [1.807, 2.05) is 20.0 Å². The van der Waals surface area contributed by atoms with Crippen LogP contribution in [0.4, 0.5) is 0 Å². The minimum atomic E-state index is -0.397. The van der Waals surface area contributed by atoms with E-state index >= 15 is 0 Å². The summed E-state index contributed by atoms with van der Waals surface area (Å²) < 4.78 is 2.13. The Morgan fingerprint density at radius 2 is 2.20 bits per heavy atom. The van der Waals surface area contributed by atoms with Crippen LogP contribution in [0.5, 0.6) is 0 Å². The third-order valence-corrected chi connectivity index (χ3v) is 4.31. The lowest BCUT2D eigenvalue weighted by Gasteiger charge is -2.19. The second-order valence-electron chi connectivity index (χ2n) is 5.54. The van der Waals surface area contributed by atoms with Gasteiger partial charge in [0.1, 0.15) is 0 Å². The molecule has 1 amide bonds. The first-order valence-corrected chi connectivity index (χ1v) is 7.93. The highest BCUT2D eigenvalue weighted by atomic mass is 32.2. The molecule has 0 saturated heterocycles. The lowest BCUT2D eigenvalue weighted by Crippen LogP contribution is -2.44. The maximum absolute atomic E-state index is 11.9. The number of aromatic nitrogens is 2. The Morgan fingerprint density at radius 1 is 1.50 bits per heavy atom. The Balaban J connectivity index is 1.85. The van der Waals surface area contributed by atoms with Crippen LogP contribution >= 0.6 is 11.8 Å². The van der Waals surface area contributed by atoms with Gasteiger partial charge in [-0.15, -0.1) is 0 Å². The van der Waals surface area contributed by atoms with E-state index in [-0.39, 0.29) is 17.6 Å². The van der Waals surface area contributed by atoms with Crippen molar-refractivity contribution >= 4 is 23.5 Å². The van der Waals surface area contributed by atoms with E-state index < -0.39 is 6.04 Å². The second kappa shape index (κ2) is 6.43. The van der Waals surface area contributed by atoms with Gasteiger partial charge in [0, 0.05) is 18.4 Å². The van der Waals surface area contributed by atoms with Gasteiger partial charge in [0.2, 0.25) is 5.91 Å². The highest BCUT2D eigenvalue weighted by Crippen LogP contribution is 2.37. The van der Waals surface area contributed by atoms with E-state index in [9.17, 15) is 9.59 Å². The minimum Gasteiger partial charge on any atom is -0.345 e. The van der Waals surface area contributed by atoms with Crippen molar-refractivity contribution in [2.75, 3.05) is 5.75 Å². The molecule has 0 spiro atoms. The molecule has 0 aliphatic heterocycles. The fourth-order valence-corrected chi connectivity index (χ4v) is 2.96. The number of imidazole rings is 1. The van der Waals surface area contributed by atoms with Gasteiger partial charge < -0.3 is 9.88 Å². The normalized spacial score (nSPS) is 16.2. The van der Waals surface area contributed by atoms with Crippen molar-refractivity contribution in [3.05, 3.63) is 12.4 Å². The average molecular weight is 295 g/mol. The second-order valence-corrected chi connectivity index (χ2v) is 6.48. The van der Waals surface area contributed by atoms with E-state index in [0.717, 1.165) is 5.16 Å². The largest absolute Gasteiger partial charge is 0.345 e. The first kappa shape index (κ1) is 15.1. The van der Waals surface area contributed by atoms with Crippen LogP contribution in [0.25, 0.3) is 0 Å². The number of carbonyl (C=O) groups excluding carboxylic acids is 2. The zero-order valence-corrected chi connectivity index (χ0v) is 12.9. The van der Waals surface area contributed by atoms with Gasteiger partial charge in [0.05, 0.1) is 11.8 Å². The standard InChI is InChI=1S/C14H21N3O2S/c1-9(2)13(10(3)18)16-12(19)8-20-14-15-6-7-17(14)11-4-5-11/h6-7,9,11,13H,4-5,8H2,1-3H3,(H,16,19). The number of nitrogens with one attached hydrogen (secondary N) is 1. The zero-order valence-electron chi connectivity index (χ0n) is 12.1. The van der Waals surface area contributed by atoms with E-state index in [1.165, 1.54) is 31.5 Å². The summed E-state index contributed by atoms with van der Waals surface area (Å²) in [7, 11) is 0. The number of Topliss-reactive ketones (excluding diaryl/α,β-unsaturated/α-hetero) is 1. The lowest BCUT2D eigenvalue weighted by atomic mass is 10.0. The molecule has 1 aliphatic rings. The van der Waals surface area contributed by atoms with Crippen molar-refractivity contribution in [2.45, 2.75) is 50.9 Å². The van der Waals surface area contributed by atoms with Crippen molar-refractivity contribution in [1.82, 2.24) is 14.9 Å². The third kappa shape index (κ3) is 3.85. The van der Waals surface area contributed by atoms with Crippen molar-refractivity contribution in [2.24, 2.45) is 5.92 Å². The summed E-state index contributed by atoms with van der Waals surface area (Å²) in [5.74, 6) is 0.280. The third-order valence-electron chi connectivity index (χ3n) is 3.33. The highest BCUT2D eigenvalue weighted by Gasteiger charge is 2.26. The molecule has 20 heavy (non-hydrogen) atoms. The Hall–Kier alpha value is -1.30. The number of amides is 1. The fraction of sp³-hybridized carbons (Fsp3) is 0.643. The van der Waals surface area contributed by atoms with Crippen LogP contribution in [0.15, 0.2) is 17.6 Å². The number of hydrogen-bond donors (Lipinski definition) is 1. The molecule has 1 aromatic rings.